The van der Waals surface area contributed by atoms with Gasteiger partial charge >= 0.3 is 5.97 Å². The van der Waals surface area contributed by atoms with Crippen LogP contribution in [0.15, 0.2) is 30.3 Å². The quantitative estimate of drug-likeness (QED) is 0.795. The number of aromatic carboxylic acids is 1. The Morgan fingerprint density at radius 3 is 2.70 bits per heavy atom. The van der Waals surface area contributed by atoms with Crippen molar-refractivity contribution >= 4 is 22.7 Å². The third-order valence-electron chi connectivity index (χ3n) is 3.95. The fraction of sp³-hybridized carbons (Fsp3) is 0.333. The van der Waals surface area contributed by atoms with E-state index in [1.165, 1.54) is 0 Å². The number of rotatable bonds is 4. The number of aliphatic hydroxyl groups excluding tert-OH is 1. The lowest BCUT2D eigenvalue weighted by Gasteiger charge is -2.41. The van der Waals surface area contributed by atoms with Gasteiger partial charge in [-0.15, -0.1) is 0 Å². The molecule has 0 bridgehead atoms. The van der Waals surface area contributed by atoms with Crippen LogP contribution in [0.25, 0.3) is 10.9 Å². The maximum atomic E-state index is 11.4. The summed E-state index contributed by atoms with van der Waals surface area (Å²) >= 11 is 0. The summed E-state index contributed by atoms with van der Waals surface area (Å²) in [6, 6.07) is 9.02. The van der Waals surface area contributed by atoms with Crippen LogP contribution >= 0.6 is 0 Å². The van der Waals surface area contributed by atoms with E-state index < -0.39 is 11.5 Å². The lowest BCUT2D eigenvalue weighted by atomic mass is 9.77. The normalized spacial score (nSPS) is 16.6. The Hall–Kier alpha value is -2.14. The van der Waals surface area contributed by atoms with Crippen molar-refractivity contribution in [3.05, 3.63) is 35.9 Å². The second-order valence-corrected chi connectivity index (χ2v) is 5.30. The van der Waals surface area contributed by atoms with Crippen LogP contribution in [0.3, 0.4) is 0 Å². The summed E-state index contributed by atoms with van der Waals surface area (Å²) < 4.78 is 0. The topological polar surface area (TPSA) is 82.5 Å². The third-order valence-corrected chi connectivity index (χ3v) is 3.95. The van der Waals surface area contributed by atoms with Crippen molar-refractivity contribution in [3.63, 3.8) is 0 Å². The minimum absolute atomic E-state index is 0.0133. The molecule has 1 aromatic heterocycles. The highest BCUT2D eigenvalue weighted by Crippen LogP contribution is 2.35. The summed E-state index contributed by atoms with van der Waals surface area (Å²) in [5.41, 5.74) is 0.468. The number of nitrogens with one attached hydrogen (secondary N) is 1. The predicted molar refractivity (Wildman–Crippen MR) is 76.0 cm³/mol. The molecule has 0 atom stereocenters. The zero-order valence-electron chi connectivity index (χ0n) is 11.0. The molecule has 1 heterocycles. The molecule has 0 radical (unpaired) electrons. The largest absolute Gasteiger partial charge is 0.478 e. The molecule has 0 spiro atoms. The second kappa shape index (κ2) is 4.76. The molecular formula is C15H16N2O3. The van der Waals surface area contributed by atoms with Crippen molar-refractivity contribution in [2.75, 3.05) is 11.9 Å². The smallest absolute Gasteiger partial charge is 0.339 e. The van der Waals surface area contributed by atoms with E-state index in [1.807, 2.05) is 24.3 Å². The molecule has 3 rings (SSSR count). The average molecular weight is 272 g/mol. The number of para-hydroxylation sites is 1. The third kappa shape index (κ3) is 2.10. The number of aromatic nitrogens is 1. The Kier molecular flexibility index (Phi) is 3.06. The molecule has 1 aliphatic carbocycles. The van der Waals surface area contributed by atoms with Crippen LogP contribution in [-0.4, -0.2) is 33.3 Å². The molecule has 1 aliphatic rings. The number of fused-ring (bicyclic) bond motifs is 1. The Balaban J connectivity index is 2.07. The zero-order chi connectivity index (χ0) is 14.2. The second-order valence-electron chi connectivity index (χ2n) is 5.30. The number of hydrogen-bond donors (Lipinski definition) is 3. The van der Waals surface area contributed by atoms with E-state index >= 15 is 0 Å². The first-order valence-corrected chi connectivity index (χ1v) is 6.66. The number of pyridine rings is 1. The Bertz CT molecular complexity index is 660. The van der Waals surface area contributed by atoms with Crippen molar-refractivity contribution in [1.82, 2.24) is 4.98 Å². The molecule has 5 nitrogen and oxygen atoms in total. The zero-order valence-corrected chi connectivity index (χ0v) is 11.0. The number of benzene rings is 1. The molecule has 0 amide bonds. The van der Waals surface area contributed by atoms with E-state index in [0.29, 0.717) is 5.82 Å². The predicted octanol–water partition coefficient (Wildman–Crippen LogP) is 2.26. The van der Waals surface area contributed by atoms with E-state index in [-0.39, 0.29) is 12.2 Å². The minimum atomic E-state index is -1.02. The molecule has 20 heavy (non-hydrogen) atoms. The first kappa shape index (κ1) is 12.9. The van der Waals surface area contributed by atoms with E-state index in [9.17, 15) is 15.0 Å². The molecule has 0 aliphatic heterocycles. The molecule has 1 fully saturated rings. The molecular weight excluding hydrogens is 256 g/mol. The van der Waals surface area contributed by atoms with Crippen LogP contribution in [0.2, 0.25) is 0 Å². The first-order chi connectivity index (χ1) is 9.63. The van der Waals surface area contributed by atoms with E-state index in [1.54, 1.807) is 6.07 Å². The van der Waals surface area contributed by atoms with Crippen LogP contribution < -0.4 is 5.32 Å². The van der Waals surface area contributed by atoms with Gasteiger partial charge in [-0.3, -0.25) is 0 Å². The van der Waals surface area contributed by atoms with E-state index in [0.717, 1.165) is 30.2 Å². The van der Waals surface area contributed by atoms with Crippen LogP contribution in [0, 0.1) is 0 Å². The molecule has 2 aromatic rings. The van der Waals surface area contributed by atoms with Crippen molar-refractivity contribution in [1.29, 1.82) is 0 Å². The van der Waals surface area contributed by atoms with Gasteiger partial charge in [0.05, 0.1) is 17.7 Å². The van der Waals surface area contributed by atoms with Crippen LogP contribution in [0.5, 0.6) is 0 Å². The van der Waals surface area contributed by atoms with Gasteiger partial charge in [-0.25, -0.2) is 9.78 Å². The maximum absolute atomic E-state index is 11.4. The van der Waals surface area contributed by atoms with Gasteiger partial charge < -0.3 is 15.5 Å². The first-order valence-electron chi connectivity index (χ1n) is 6.66. The van der Waals surface area contributed by atoms with Gasteiger partial charge in [0.1, 0.15) is 11.4 Å². The van der Waals surface area contributed by atoms with Gasteiger partial charge in [0.2, 0.25) is 0 Å². The molecule has 3 N–H and O–H groups in total. The maximum Gasteiger partial charge on any atom is 0.339 e. The molecule has 5 heteroatoms. The number of carboxylic acids is 1. The fourth-order valence-electron chi connectivity index (χ4n) is 2.55. The lowest BCUT2D eigenvalue weighted by Crippen LogP contribution is -2.48. The highest BCUT2D eigenvalue weighted by molar-refractivity contribution is 5.98. The highest BCUT2D eigenvalue weighted by Gasteiger charge is 2.37. The van der Waals surface area contributed by atoms with Crippen LogP contribution in [0.1, 0.15) is 29.6 Å². The summed E-state index contributed by atoms with van der Waals surface area (Å²) in [6.07, 6.45) is 2.69. The summed E-state index contributed by atoms with van der Waals surface area (Å²) in [6.45, 7) is -0.0133. The van der Waals surface area contributed by atoms with Gasteiger partial charge in [0, 0.05) is 5.39 Å². The number of carbonyl (C=O) groups is 1. The molecule has 1 saturated carbocycles. The Labute approximate surface area is 116 Å². The highest BCUT2D eigenvalue weighted by atomic mass is 16.4. The fourth-order valence-corrected chi connectivity index (χ4v) is 2.55. The molecule has 0 unspecified atom stereocenters. The van der Waals surface area contributed by atoms with Gasteiger partial charge in [-0.1, -0.05) is 18.2 Å². The van der Waals surface area contributed by atoms with Crippen LogP contribution in [0.4, 0.5) is 5.82 Å². The van der Waals surface area contributed by atoms with Gasteiger partial charge in [-0.2, -0.15) is 0 Å². The standard InChI is InChI=1S/C15H16N2O3/c18-9-15(6-3-7-15)17-13-11(14(19)20)8-10-4-1-2-5-12(10)16-13/h1-2,4-5,8,18H,3,6-7,9H2,(H,16,17)(H,19,20). The summed E-state index contributed by atoms with van der Waals surface area (Å²) in [5.74, 6) is -0.678. The molecule has 1 aromatic carbocycles. The lowest BCUT2D eigenvalue weighted by molar-refractivity contribution is 0.0697. The van der Waals surface area contributed by atoms with Crippen molar-refractivity contribution < 1.29 is 15.0 Å². The Morgan fingerprint density at radius 1 is 1.35 bits per heavy atom. The van der Waals surface area contributed by atoms with Crippen molar-refractivity contribution in [3.8, 4) is 0 Å². The minimum Gasteiger partial charge on any atom is -0.478 e. The number of nitrogens with zero attached hydrogens (tertiary/aromatic N) is 1. The monoisotopic (exact) mass is 272 g/mol. The van der Waals surface area contributed by atoms with E-state index in [2.05, 4.69) is 10.3 Å². The van der Waals surface area contributed by atoms with Gasteiger partial charge in [0.25, 0.3) is 0 Å². The SMILES string of the molecule is O=C(O)c1cc2ccccc2nc1NC1(CO)CCC1. The summed E-state index contributed by atoms with van der Waals surface area (Å²) in [5, 5.41) is 22.8. The number of carboxylic acid groups (broad SMARTS) is 1. The average Bonchev–Trinajstić information content (AvgIpc) is 2.41. The molecule has 0 saturated heterocycles. The number of hydrogen-bond acceptors (Lipinski definition) is 4. The van der Waals surface area contributed by atoms with Gasteiger partial charge in [0.15, 0.2) is 0 Å². The van der Waals surface area contributed by atoms with E-state index in [4.69, 9.17) is 0 Å². The van der Waals surface area contributed by atoms with Crippen molar-refractivity contribution in [2.45, 2.75) is 24.8 Å². The summed E-state index contributed by atoms with van der Waals surface area (Å²) in [4.78, 5) is 15.8. The Morgan fingerprint density at radius 2 is 2.10 bits per heavy atom. The van der Waals surface area contributed by atoms with Gasteiger partial charge in [-0.05, 0) is 31.4 Å². The van der Waals surface area contributed by atoms with Crippen LogP contribution in [-0.2, 0) is 0 Å². The number of aliphatic hydroxyl groups is 1. The number of anilines is 1. The molecule has 104 valence electrons. The summed E-state index contributed by atoms with van der Waals surface area (Å²) in [7, 11) is 0. The van der Waals surface area contributed by atoms with Crippen molar-refractivity contribution in [2.24, 2.45) is 0 Å².